The van der Waals surface area contributed by atoms with Crippen LogP contribution in [0.15, 0.2) is 12.3 Å². The van der Waals surface area contributed by atoms with Crippen LogP contribution in [0.4, 0.5) is 0 Å². The molecule has 1 aromatic rings. The van der Waals surface area contributed by atoms with Gasteiger partial charge in [-0.25, -0.2) is 4.79 Å². The lowest BCUT2D eigenvalue weighted by Crippen LogP contribution is -2.19. The van der Waals surface area contributed by atoms with Gasteiger partial charge in [-0.2, -0.15) is 5.10 Å². The van der Waals surface area contributed by atoms with Crippen LogP contribution in [0.2, 0.25) is 0 Å². The van der Waals surface area contributed by atoms with Crippen LogP contribution in [0.3, 0.4) is 0 Å². The average molecular weight is 209 g/mol. The molecule has 0 radical (unpaired) electrons. The van der Waals surface area contributed by atoms with E-state index in [9.17, 15) is 9.59 Å². The summed E-state index contributed by atoms with van der Waals surface area (Å²) in [5.41, 5.74) is 0.516. The van der Waals surface area contributed by atoms with E-state index in [4.69, 9.17) is 5.11 Å². The molecule has 3 N–H and O–H groups in total. The minimum atomic E-state index is -1.06. The topological polar surface area (TPSA) is 95.1 Å². The minimum absolute atomic E-state index is 0.0362. The van der Waals surface area contributed by atoms with Gasteiger partial charge in [-0.05, 0) is 0 Å². The van der Waals surface area contributed by atoms with Crippen molar-refractivity contribution in [3.05, 3.63) is 23.5 Å². The van der Waals surface area contributed by atoms with Gasteiger partial charge < -0.3 is 10.4 Å². The first-order valence-electron chi connectivity index (χ1n) is 4.29. The molecule has 0 saturated heterocycles. The summed E-state index contributed by atoms with van der Waals surface area (Å²) in [4.78, 5) is 21.2. The zero-order chi connectivity index (χ0) is 11.3. The number of hydrogen-bond donors (Lipinski definition) is 3. The number of nitrogens with zero attached hydrogens (tertiary/aromatic N) is 1. The molecule has 0 aromatic carbocycles. The Hall–Kier alpha value is -2.11. The van der Waals surface area contributed by atoms with Crippen LogP contribution in [-0.4, -0.2) is 33.7 Å². The van der Waals surface area contributed by atoms with Crippen molar-refractivity contribution in [2.45, 2.75) is 6.92 Å². The fraction of sp³-hybridized carbons (Fsp3) is 0.222. The Morgan fingerprint density at radius 1 is 1.67 bits per heavy atom. The molecule has 0 saturated carbocycles. The first kappa shape index (κ1) is 11.0. The van der Waals surface area contributed by atoms with Crippen LogP contribution in [-0.2, 0) is 4.79 Å². The number of carbonyl (C=O) groups is 2. The second-order valence-corrected chi connectivity index (χ2v) is 2.84. The van der Waals surface area contributed by atoms with Crippen LogP contribution in [0.1, 0.15) is 23.0 Å². The molecular weight excluding hydrogens is 198 g/mol. The second-order valence-electron chi connectivity index (χ2n) is 2.84. The molecule has 0 aliphatic carbocycles. The Morgan fingerprint density at radius 3 is 3.00 bits per heavy atom. The summed E-state index contributed by atoms with van der Waals surface area (Å²) in [6, 6.07) is 0. The van der Waals surface area contributed by atoms with Crippen molar-refractivity contribution in [1.29, 1.82) is 0 Å². The molecule has 0 aliphatic heterocycles. The van der Waals surface area contributed by atoms with E-state index in [1.807, 2.05) is 0 Å². The monoisotopic (exact) mass is 209 g/mol. The van der Waals surface area contributed by atoms with Crippen molar-refractivity contribution < 1.29 is 14.7 Å². The molecule has 0 spiro atoms. The van der Waals surface area contributed by atoms with Gasteiger partial charge in [-0.3, -0.25) is 9.89 Å². The number of aromatic carboxylic acids is 1. The third kappa shape index (κ3) is 3.26. The number of aromatic nitrogens is 2. The zero-order valence-electron chi connectivity index (χ0n) is 8.15. The van der Waals surface area contributed by atoms with Crippen molar-refractivity contribution in [2.75, 3.05) is 6.54 Å². The van der Waals surface area contributed by atoms with Crippen molar-refractivity contribution in [3.8, 4) is 0 Å². The molecule has 0 unspecified atom stereocenters. The number of carboxylic acid groups (broad SMARTS) is 1. The van der Waals surface area contributed by atoms with Crippen molar-refractivity contribution in [1.82, 2.24) is 15.5 Å². The van der Waals surface area contributed by atoms with Gasteiger partial charge >= 0.3 is 5.97 Å². The number of carbonyl (C=O) groups excluding carboxylic acids is 1. The van der Waals surface area contributed by atoms with Crippen LogP contribution in [0.5, 0.6) is 0 Å². The van der Waals surface area contributed by atoms with E-state index in [2.05, 4.69) is 15.5 Å². The van der Waals surface area contributed by atoms with E-state index in [-0.39, 0.29) is 11.6 Å². The predicted molar refractivity (Wildman–Crippen MR) is 53.3 cm³/mol. The summed E-state index contributed by atoms with van der Waals surface area (Å²) in [5.74, 6) is -1.20. The van der Waals surface area contributed by atoms with Gasteiger partial charge in [0.2, 0.25) is 5.91 Å². The maximum absolute atomic E-state index is 10.6. The number of H-pyrrole nitrogens is 1. The predicted octanol–water partition coefficient (Wildman–Crippen LogP) is 0.257. The van der Waals surface area contributed by atoms with E-state index in [0.29, 0.717) is 12.1 Å². The number of carboxylic acids is 1. The molecule has 6 nitrogen and oxygen atoms in total. The van der Waals surface area contributed by atoms with Gasteiger partial charge in [0.05, 0.1) is 6.20 Å². The van der Waals surface area contributed by atoms with Gasteiger partial charge in [0.25, 0.3) is 0 Å². The first-order chi connectivity index (χ1) is 7.11. The summed E-state index contributed by atoms with van der Waals surface area (Å²) < 4.78 is 0. The smallest absolute Gasteiger partial charge is 0.354 e. The van der Waals surface area contributed by atoms with Gasteiger partial charge in [0, 0.05) is 19.0 Å². The standard InChI is InChI=1S/C9H11N3O3/c1-6(13)10-4-2-3-7-5-11-12-8(7)9(14)15/h2-3,5H,4H2,1H3,(H,10,13)(H,11,12)(H,14,15). The van der Waals surface area contributed by atoms with Crippen molar-refractivity contribution in [2.24, 2.45) is 0 Å². The van der Waals surface area contributed by atoms with Gasteiger partial charge in [0.15, 0.2) is 5.69 Å². The highest BCUT2D eigenvalue weighted by molar-refractivity contribution is 5.89. The van der Waals surface area contributed by atoms with E-state index in [1.54, 1.807) is 12.2 Å². The minimum Gasteiger partial charge on any atom is -0.477 e. The van der Waals surface area contributed by atoms with E-state index < -0.39 is 5.97 Å². The number of rotatable bonds is 4. The molecule has 1 rings (SSSR count). The molecule has 15 heavy (non-hydrogen) atoms. The largest absolute Gasteiger partial charge is 0.477 e. The Kier molecular flexibility index (Phi) is 3.61. The fourth-order valence-corrected chi connectivity index (χ4v) is 0.982. The van der Waals surface area contributed by atoms with E-state index in [1.165, 1.54) is 13.1 Å². The molecule has 0 bridgehead atoms. The third-order valence-corrected chi connectivity index (χ3v) is 1.65. The number of nitrogens with one attached hydrogen (secondary N) is 2. The highest BCUT2D eigenvalue weighted by Crippen LogP contribution is 2.06. The number of aromatic amines is 1. The second kappa shape index (κ2) is 4.94. The molecular formula is C9H11N3O3. The van der Waals surface area contributed by atoms with Crippen LogP contribution in [0.25, 0.3) is 6.08 Å². The van der Waals surface area contributed by atoms with E-state index >= 15 is 0 Å². The summed E-state index contributed by atoms with van der Waals surface area (Å²) in [6.07, 6.45) is 4.65. The van der Waals surface area contributed by atoms with Crippen LogP contribution >= 0.6 is 0 Å². The van der Waals surface area contributed by atoms with Crippen LogP contribution < -0.4 is 5.32 Å². The van der Waals surface area contributed by atoms with Gasteiger partial charge in [0.1, 0.15) is 0 Å². The number of amides is 1. The van der Waals surface area contributed by atoms with Crippen LogP contribution in [0, 0.1) is 0 Å². The normalized spacial score (nSPS) is 10.5. The SMILES string of the molecule is CC(=O)NCC=Cc1cn[nH]c1C(=O)O. The lowest BCUT2D eigenvalue weighted by molar-refractivity contribution is -0.118. The van der Waals surface area contributed by atoms with Gasteiger partial charge in [-0.15, -0.1) is 0 Å². The lowest BCUT2D eigenvalue weighted by atomic mass is 10.2. The third-order valence-electron chi connectivity index (χ3n) is 1.65. The highest BCUT2D eigenvalue weighted by Gasteiger charge is 2.08. The molecule has 6 heteroatoms. The molecule has 1 amide bonds. The Morgan fingerprint density at radius 2 is 2.40 bits per heavy atom. The van der Waals surface area contributed by atoms with Crippen molar-refractivity contribution >= 4 is 18.0 Å². The molecule has 80 valence electrons. The van der Waals surface area contributed by atoms with Crippen molar-refractivity contribution in [3.63, 3.8) is 0 Å². The Balaban J connectivity index is 2.60. The van der Waals surface area contributed by atoms with Gasteiger partial charge in [-0.1, -0.05) is 12.2 Å². The number of hydrogen-bond acceptors (Lipinski definition) is 3. The Labute approximate surface area is 86.0 Å². The maximum Gasteiger partial charge on any atom is 0.354 e. The highest BCUT2D eigenvalue weighted by atomic mass is 16.4. The fourth-order valence-electron chi connectivity index (χ4n) is 0.982. The molecule has 1 heterocycles. The maximum atomic E-state index is 10.6. The lowest BCUT2D eigenvalue weighted by Gasteiger charge is -1.94. The zero-order valence-corrected chi connectivity index (χ0v) is 8.15. The first-order valence-corrected chi connectivity index (χ1v) is 4.29. The average Bonchev–Trinajstić information content (AvgIpc) is 2.60. The summed E-state index contributed by atoms with van der Waals surface area (Å²) in [7, 11) is 0. The molecule has 0 aliphatic rings. The molecule has 0 fully saturated rings. The summed E-state index contributed by atoms with van der Waals surface area (Å²) in [5, 5.41) is 17.3. The Bertz CT molecular complexity index is 395. The summed E-state index contributed by atoms with van der Waals surface area (Å²) in [6.45, 7) is 1.77. The van der Waals surface area contributed by atoms with E-state index in [0.717, 1.165) is 0 Å². The molecule has 1 aromatic heterocycles. The molecule has 0 atom stereocenters. The quantitative estimate of drug-likeness (QED) is 0.662. The summed E-state index contributed by atoms with van der Waals surface area (Å²) >= 11 is 0.